The molecule has 1 aromatic rings. The third-order valence-electron chi connectivity index (χ3n) is 3.10. The first kappa shape index (κ1) is 13.7. The van der Waals surface area contributed by atoms with E-state index in [4.69, 9.17) is 0 Å². The van der Waals surface area contributed by atoms with Gasteiger partial charge in [-0.05, 0) is 23.5 Å². The molecule has 1 rings (SSSR count). The number of aliphatic imine (C=N–C) groups is 1. The Labute approximate surface area is 104 Å². The summed E-state index contributed by atoms with van der Waals surface area (Å²) in [6.07, 6.45) is 3.92. The smallest absolute Gasteiger partial charge is 0.211 e. The minimum Gasteiger partial charge on any atom is -0.211 e. The second-order valence-corrected chi connectivity index (χ2v) is 4.77. The van der Waals surface area contributed by atoms with Crippen molar-refractivity contribution in [3.8, 4) is 0 Å². The molecule has 1 aromatic carbocycles. The van der Waals surface area contributed by atoms with E-state index in [-0.39, 0.29) is 0 Å². The molecule has 17 heavy (non-hydrogen) atoms. The molecule has 0 heterocycles. The van der Waals surface area contributed by atoms with Crippen molar-refractivity contribution in [2.75, 3.05) is 6.54 Å². The highest BCUT2D eigenvalue weighted by Gasteiger charge is 2.15. The van der Waals surface area contributed by atoms with Gasteiger partial charge in [0.1, 0.15) is 0 Å². The third kappa shape index (κ3) is 4.16. The molecule has 0 amide bonds. The first-order valence-electron chi connectivity index (χ1n) is 6.31. The number of isocyanates is 1. The van der Waals surface area contributed by atoms with Crippen molar-refractivity contribution in [2.45, 2.75) is 39.5 Å². The maximum atomic E-state index is 10.2. The normalized spacial score (nSPS) is 12.2. The molecule has 1 unspecified atom stereocenters. The van der Waals surface area contributed by atoms with Crippen LogP contribution in [0, 0.1) is 5.92 Å². The molecule has 0 N–H and O–H groups in total. The van der Waals surface area contributed by atoms with Crippen molar-refractivity contribution in [2.24, 2.45) is 10.9 Å². The maximum absolute atomic E-state index is 10.2. The zero-order valence-electron chi connectivity index (χ0n) is 10.9. The van der Waals surface area contributed by atoms with E-state index in [0.717, 1.165) is 6.42 Å². The lowest BCUT2D eigenvalue weighted by Gasteiger charge is -2.19. The Morgan fingerprint density at radius 3 is 2.35 bits per heavy atom. The van der Waals surface area contributed by atoms with E-state index in [1.807, 2.05) is 0 Å². The first-order chi connectivity index (χ1) is 8.19. The summed E-state index contributed by atoms with van der Waals surface area (Å²) in [7, 11) is 0. The Morgan fingerprint density at radius 2 is 1.88 bits per heavy atom. The molecule has 0 bridgehead atoms. The highest BCUT2D eigenvalue weighted by molar-refractivity contribution is 5.34. The zero-order valence-corrected chi connectivity index (χ0v) is 10.9. The number of carbonyl (C=O) groups excluding carboxylic acids is 1. The third-order valence-corrected chi connectivity index (χ3v) is 3.10. The molecule has 0 radical (unpaired) electrons. The van der Waals surface area contributed by atoms with E-state index >= 15 is 0 Å². The van der Waals surface area contributed by atoms with Gasteiger partial charge in [0.15, 0.2) is 0 Å². The number of hydrogen-bond donors (Lipinski definition) is 0. The SMILES string of the molecule is CCCc1ccc(C(CN=C=O)C(C)C)cc1. The monoisotopic (exact) mass is 231 g/mol. The minimum atomic E-state index is 0.312. The minimum absolute atomic E-state index is 0.312. The molecule has 0 saturated heterocycles. The molecule has 0 aromatic heterocycles. The summed E-state index contributed by atoms with van der Waals surface area (Å²) < 4.78 is 0. The predicted octanol–water partition coefficient (Wildman–Crippen LogP) is 3.71. The fraction of sp³-hybridized carbons (Fsp3) is 0.533. The molecule has 2 heteroatoms. The molecule has 0 saturated carbocycles. The van der Waals surface area contributed by atoms with Gasteiger partial charge in [0.05, 0.1) is 6.54 Å². The van der Waals surface area contributed by atoms with Crippen LogP contribution < -0.4 is 0 Å². The van der Waals surface area contributed by atoms with Crippen LogP contribution in [0.25, 0.3) is 0 Å². The van der Waals surface area contributed by atoms with Crippen LogP contribution in [0.5, 0.6) is 0 Å². The summed E-state index contributed by atoms with van der Waals surface area (Å²) >= 11 is 0. The Kier molecular flexibility index (Phi) is 5.65. The summed E-state index contributed by atoms with van der Waals surface area (Å²) in [5, 5.41) is 0. The standard InChI is InChI=1S/C15H21NO/c1-4-5-13-6-8-14(9-7-13)15(12(2)3)10-16-11-17/h6-9,12,15H,4-5,10H2,1-3H3. The Morgan fingerprint density at radius 1 is 1.24 bits per heavy atom. The van der Waals surface area contributed by atoms with E-state index in [9.17, 15) is 4.79 Å². The average Bonchev–Trinajstić information content (AvgIpc) is 2.31. The lowest BCUT2D eigenvalue weighted by Crippen LogP contribution is -2.10. The van der Waals surface area contributed by atoms with Gasteiger partial charge in [-0.3, -0.25) is 0 Å². The summed E-state index contributed by atoms with van der Waals surface area (Å²) in [5.41, 5.74) is 2.64. The van der Waals surface area contributed by atoms with Crippen molar-refractivity contribution in [3.05, 3.63) is 35.4 Å². The highest BCUT2D eigenvalue weighted by atomic mass is 16.1. The van der Waals surface area contributed by atoms with Crippen LogP contribution >= 0.6 is 0 Å². The largest absolute Gasteiger partial charge is 0.234 e. The van der Waals surface area contributed by atoms with Crippen LogP contribution in [0.3, 0.4) is 0 Å². The topological polar surface area (TPSA) is 29.4 Å². The summed E-state index contributed by atoms with van der Waals surface area (Å²) in [6, 6.07) is 8.68. The number of benzene rings is 1. The van der Waals surface area contributed by atoms with E-state index in [2.05, 4.69) is 50.0 Å². The van der Waals surface area contributed by atoms with Crippen molar-refractivity contribution >= 4 is 6.08 Å². The van der Waals surface area contributed by atoms with Crippen LogP contribution in [0.2, 0.25) is 0 Å². The van der Waals surface area contributed by atoms with Gasteiger partial charge in [0.2, 0.25) is 6.08 Å². The van der Waals surface area contributed by atoms with Gasteiger partial charge < -0.3 is 0 Å². The number of hydrogen-bond acceptors (Lipinski definition) is 2. The lowest BCUT2D eigenvalue weighted by molar-refractivity contribution is 0.502. The van der Waals surface area contributed by atoms with Crippen LogP contribution in [0.4, 0.5) is 0 Å². The molecule has 0 aliphatic carbocycles. The maximum Gasteiger partial charge on any atom is 0.234 e. The van der Waals surface area contributed by atoms with Crippen LogP contribution in [-0.2, 0) is 11.2 Å². The van der Waals surface area contributed by atoms with Crippen molar-refractivity contribution in [1.82, 2.24) is 0 Å². The molecule has 0 aliphatic rings. The van der Waals surface area contributed by atoms with E-state index in [1.165, 1.54) is 17.5 Å². The molecule has 0 aliphatic heterocycles. The predicted molar refractivity (Wildman–Crippen MR) is 71.0 cm³/mol. The van der Waals surface area contributed by atoms with Crippen LogP contribution in [-0.4, -0.2) is 12.6 Å². The molecule has 2 nitrogen and oxygen atoms in total. The summed E-state index contributed by atoms with van der Waals surface area (Å²) in [5.74, 6) is 0.788. The average molecular weight is 231 g/mol. The summed E-state index contributed by atoms with van der Waals surface area (Å²) in [6.45, 7) is 7.04. The lowest BCUT2D eigenvalue weighted by atomic mass is 9.88. The highest BCUT2D eigenvalue weighted by Crippen LogP contribution is 2.25. The second-order valence-electron chi connectivity index (χ2n) is 4.77. The van der Waals surface area contributed by atoms with Crippen LogP contribution in [0.15, 0.2) is 29.3 Å². The summed E-state index contributed by atoms with van der Waals surface area (Å²) in [4.78, 5) is 13.9. The molecular weight excluding hydrogens is 210 g/mol. The number of rotatable bonds is 6. The molecule has 1 atom stereocenters. The Hall–Kier alpha value is -1.40. The van der Waals surface area contributed by atoms with Gasteiger partial charge in [-0.2, -0.15) is 0 Å². The molecular formula is C15H21NO. The fourth-order valence-electron chi connectivity index (χ4n) is 2.06. The second kappa shape index (κ2) is 7.03. The van der Waals surface area contributed by atoms with Crippen molar-refractivity contribution < 1.29 is 4.79 Å². The molecule has 0 fully saturated rings. The quantitative estimate of drug-likeness (QED) is 0.542. The Balaban J connectivity index is 2.83. The van der Waals surface area contributed by atoms with Gasteiger partial charge in [0, 0.05) is 5.92 Å². The Bertz CT molecular complexity index is 374. The molecule has 92 valence electrons. The number of aryl methyl sites for hydroxylation is 1. The van der Waals surface area contributed by atoms with Crippen molar-refractivity contribution in [3.63, 3.8) is 0 Å². The molecule has 0 spiro atoms. The van der Waals surface area contributed by atoms with Crippen LogP contribution in [0.1, 0.15) is 44.2 Å². The van der Waals surface area contributed by atoms with Gasteiger partial charge in [-0.25, -0.2) is 9.79 Å². The van der Waals surface area contributed by atoms with E-state index < -0.39 is 0 Å². The zero-order chi connectivity index (χ0) is 12.7. The first-order valence-corrected chi connectivity index (χ1v) is 6.31. The van der Waals surface area contributed by atoms with Gasteiger partial charge in [-0.15, -0.1) is 0 Å². The van der Waals surface area contributed by atoms with Gasteiger partial charge in [0.25, 0.3) is 0 Å². The van der Waals surface area contributed by atoms with E-state index in [1.54, 1.807) is 6.08 Å². The van der Waals surface area contributed by atoms with Gasteiger partial charge >= 0.3 is 0 Å². The van der Waals surface area contributed by atoms with Crippen molar-refractivity contribution in [1.29, 1.82) is 0 Å². The van der Waals surface area contributed by atoms with E-state index in [0.29, 0.717) is 18.4 Å². The van der Waals surface area contributed by atoms with Gasteiger partial charge in [-0.1, -0.05) is 51.5 Å². The number of nitrogens with zero attached hydrogens (tertiary/aromatic N) is 1. The fourth-order valence-corrected chi connectivity index (χ4v) is 2.06.